The Morgan fingerprint density at radius 3 is 2.17 bits per heavy atom. The minimum atomic E-state index is -0.428. The lowest BCUT2D eigenvalue weighted by molar-refractivity contribution is -0.122. The van der Waals surface area contributed by atoms with E-state index >= 15 is 0 Å². The van der Waals surface area contributed by atoms with Crippen LogP contribution in [0, 0.1) is 11.8 Å². The molecule has 2 N–H and O–H groups in total. The molecule has 2 aliphatic rings. The number of nitrogens with one attached hydrogen (secondary N) is 2. The Bertz CT molecular complexity index is 937. The average Bonchev–Trinajstić information content (AvgIpc) is 3.51. The van der Waals surface area contributed by atoms with Crippen LogP contribution in [0.4, 0.5) is 17.1 Å². The number of nitrogens with zero attached hydrogens (tertiary/aromatic N) is 1. The number of anilines is 3. The van der Waals surface area contributed by atoms with Crippen LogP contribution >= 0.6 is 0 Å². The molecule has 1 atom stereocenters. The standard InChI is InChI=1S/C22H23N3O4/c1-29-19-4-2-3-18(12-19)25-13-15(11-20(25)26)22(28)24-17-9-7-16(8-10-17)23-21(27)14-5-6-14/h2-4,7-10,12,14-15H,5-6,11,13H2,1H3,(H,23,27)(H,24,28)/t15-/m0/s1. The van der Waals surface area contributed by atoms with Gasteiger partial charge >= 0.3 is 0 Å². The summed E-state index contributed by atoms with van der Waals surface area (Å²) >= 11 is 0. The molecule has 1 aliphatic carbocycles. The monoisotopic (exact) mass is 393 g/mol. The molecule has 0 bridgehead atoms. The van der Waals surface area contributed by atoms with E-state index in [1.807, 2.05) is 18.2 Å². The lowest BCUT2D eigenvalue weighted by Crippen LogP contribution is -2.28. The summed E-state index contributed by atoms with van der Waals surface area (Å²) in [7, 11) is 1.57. The van der Waals surface area contributed by atoms with Crippen molar-refractivity contribution in [1.29, 1.82) is 0 Å². The van der Waals surface area contributed by atoms with Crippen LogP contribution in [0.1, 0.15) is 19.3 Å². The Hall–Kier alpha value is -3.35. The van der Waals surface area contributed by atoms with Crippen LogP contribution in [0.5, 0.6) is 5.75 Å². The topological polar surface area (TPSA) is 87.7 Å². The van der Waals surface area contributed by atoms with E-state index in [2.05, 4.69) is 10.6 Å². The Balaban J connectivity index is 1.36. The first-order chi connectivity index (χ1) is 14.0. The second-order valence-corrected chi connectivity index (χ2v) is 7.44. The Kier molecular flexibility index (Phi) is 5.20. The first kappa shape index (κ1) is 19.0. The zero-order valence-electron chi connectivity index (χ0n) is 16.2. The van der Waals surface area contributed by atoms with Gasteiger partial charge in [-0.1, -0.05) is 6.07 Å². The van der Waals surface area contributed by atoms with Crippen LogP contribution in [-0.4, -0.2) is 31.4 Å². The van der Waals surface area contributed by atoms with Gasteiger partial charge in [0.2, 0.25) is 17.7 Å². The summed E-state index contributed by atoms with van der Waals surface area (Å²) < 4.78 is 5.21. The first-order valence-electron chi connectivity index (χ1n) is 9.69. The average molecular weight is 393 g/mol. The Morgan fingerprint density at radius 2 is 1.59 bits per heavy atom. The predicted octanol–water partition coefficient (Wildman–Crippen LogP) is 3.04. The van der Waals surface area contributed by atoms with Crippen molar-refractivity contribution >= 4 is 34.8 Å². The van der Waals surface area contributed by atoms with Crippen molar-refractivity contribution in [3.63, 3.8) is 0 Å². The summed E-state index contributed by atoms with van der Waals surface area (Å²) in [5.74, 6) is 0.140. The largest absolute Gasteiger partial charge is 0.497 e. The molecule has 7 nitrogen and oxygen atoms in total. The van der Waals surface area contributed by atoms with Crippen molar-refractivity contribution < 1.29 is 19.1 Å². The van der Waals surface area contributed by atoms with E-state index in [1.54, 1.807) is 42.3 Å². The molecule has 150 valence electrons. The lowest BCUT2D eigenvalue weighted by atomic mass is 10.1. The van der Waals surface area contributed by atoms with Crippen molar-refractivity contribution in [3.05, 3.63) is 48.5 Å². The van der Waals surface area contributed by atoms with Gasteiger partial charge in [0.05, 0.1) is 13.0 Å². The van der Waals surface area contributed by atoms with Crippen molar-refractivity contribution in [1.82, 2.24) is 0 Å². The van der Waals surface area contributed by atoms with E-state index in [-0.39, 0.29) is 30.1 Å². The van der Waals surface area contributed by atoms with E-state index in [9.17, 15) is 14.4 Å². The highest BCUT2D eigenvalue weighted by atomic mass is 16.5. The van der Waals surface area contributed by atoms with Gasteiger partial charge in [0.15, 0.2) is 0 Å². The van der Waals surface area contributed by atoms with Gasteiger partial charge in [-0.2, -0.15) is 0 Å². The maximum Gasteiger partial charge on any atom is 0.229 e. The number of hydrogen-bond donors (Lipinski definition) is 2. The van der Waals surface area contributed by atoms with Crippen molar-refractivity contribution in [2.24, 2.45) is 11.8 Å². The summed E-state index contributed by atoms with van der Waals surface area (Å²) in [5, 5.41) is 5.72. The maximum absolute atomic E-state index is 12.6. The molecule has 0 spiro atoms. The molecule has 0 aromatic heterocycles. The Labute approximate surface area is 169 Å². The normalized spacial score (nSPS) is 18.4. The van der Waals surface area contributed by atoms with Crippen LogP contribution < -0.4 is 20.3 Å². The van der Waals surface area contributed by atoms with Crippen molar-refractivity contribution in [2.45, 2.75) is 19.3 Å². The highest BCUT2D eigenvalue weighted by Gasteiger charge is 2.35. The number of benzene rings is 2. The summed E-state index contributed by atoms with van der Waals surface area (Å²) in [4.78, 5) is 38.5. The molecule has 4 rings (SSSR count). The molecular weight excluding hydrogens is 370 g/mol. The van der Waals surface area contributed by atoms with Gasteiger partial charge in [-0.25, -0.2) is 0 Å². The zero-order valence-corrected chi connectivity index (χ0v) is 16.2. The smallest absolute Gasteiger partial charge is 0.229 e. The molecule has 1 saturated carbocycles. The van der Waals surface area contributed by atoms with Crippen LogP contribution in [-0.2, 0) is 14.4 Å². The lowest BCUT2D eigenvalue weighted by Gasteiger charge is -2.17. The van der Waals surface area contributed by atoms with E-state index in [4.69, 9.17) is 4.74 Å². The van der Waals surface area contributed by atoms with Gasteiger partial charge in [-0.15, -0.1) is 0 Å². The van der Waals surface area contributed by atoms with Crippen molar-refractivity contribution in [2.75, 3.05) is 29.2 Å². The van der Waals surface area contributed by atoms with E-state index in [0.717, 1.165) is 18.5 Å². The number of rotatable bonds is 6. The molecule has 3 amide bonds. The van der Waals surface area contributed by atoms with Crippen molar-refractivity contribution in [3.8, 4) is 5.75 Å². The molecule has 2 fully saturated rings. The highest BCUT2D eigenvalue weighted by molar-refractivity contribution is 6.03. The molecular formula is C22H23N3O4. The van der Waals surface area contributed by atoms with Gasteiger partial charge < -0.3 is 20.3 Å². The SMILES string of the molecule is COc1cccc(N2C[C@@H](C(=O)Nc3ccc(NC(=O)C4CC4)cc3)CC2=O)c1. The third kappa shape index (κ3) is 4.39. The van der Waals surface area contributed by atoms with Crippen LogP contribution in [0.15, 0.2) is 48.5 Å². The number of methoxy groups -OCH3 is 1. The minimum absolute atomic E-state index is 0.0453. The van der Waals surface area contributed by atoms with Crippen LogP contribution in [0.3, 0.4) is 0 Å². The molecule has 29 heavy (non-hydrogen) atoms. The summed E-state index contributed by atoms with van der Waals surface area (Å²) in [6.07, 6.45) is 2.07. The zero-order chi connectivity index (χ0) is 20.4. The fraction of sp³-hybridized carbons (Fsp3) is 0.318. The predicted molar refractivity (Wildman–Crippen MR) is 110 cm³/mol. The maximum atomic E-state index is 12.6. The molecule has 7 heteroatoms. The number of amides is 3. The third-order valence-corrected chi connectivity index (χ3v) is 5.23. The second-order valence-electron chi connectivity index (χ2n) is 7.44. The summed E-state index contributed by atoms with van der Waals surface area (Å²) in [6.45, 7) is 0.327. The minimum Gasteiger partial charge on any atom is -0.497 e. The van der Waals surface area contributed by atoms with Crippen LogP contribution in [0.2, 0.25) is 0 Å². The van der Waals surface area contributed by atoms with E-state index < -0.39 is 5.92 Å². The van der Waals surface area contributed by atoms with Gasteiger partial charge in [-0.3, -0.25) is 14.4 Å². The molecule has 2 aromatic rings. The van der Waals surface area contributed by atoms with Gasteiger partial charge in [0, 0.05) is 42.0 Å². The number of carbonyl (C=O) groups excluding carboxylic acids is 3. The third-order valence-electron chi connectivity index (χ3n) is 5.23. The van der Waals surface area contributed by atoms with Crippen LogP contribution in [0.25, 0.3) is 0 Å². The molecule has 1 aliphatic heterocycles. The highest BCUT2D eigenvalue weighted by Crippen LogP contribution is 2.31. The first-order valence-corrected chi connectivity index (χ1v) is 9.69. The van der Waals surface area contributed by atoms with Gasteiger partial charge in [0.1, 0.15) is 5.75 Å². The summed E-state index contributed by atoms with van der Waals surface area (Å²) in [5.41, 5.74) is 2.06. The fourth-order valence-electron chi connectivity index (χ4n) is 3.38. The molecule has 1 saturated heterocycles. The second kappa shape index (κ2) is 7.95. The van der Waals surface area contributed by atoms with Gasteiger partial charge in [0.25, 0.3) is 0 Å². The van der Waals surface area contributed by atoms with E-state index in [1.165, 1.54) is 0 Å². The Morgan fingerprint density at radius 1 is 0.966 bits per heavy atom. The molecule has 2 aromatic carbocycles. The number of hydrogen-bond acceptors (Lipinski definition) is 4. The van der Waals surface area contributed by atoms with E-state index in [0.29, 0.717) is 23.7 Å². The van der Waals surface area contributed by atoms with Gasteiger partial charge in [-0.05, 0) is 49.2 Å². The molecule has 0 unspecified atom stereocenters. The fourth-order valence-corrected chi connectivity index (χ4v) is 3.38. The summed E-state index contributed by atoms with van der Waals surface area (Å²) in [6, 6.07) is 14.3. The molecule has 1 heterocycles. The molecule has 0 radical (unpaired) electrons. The number of ether oxygens (including phenoxy) is 1. The number of carbonyl (C=O) groups is 3. The quantitative estimate of drug-likeness (QED) is 0.790.